The Bertz CT molecular complexity index is 730. The molecule has 0 spiro atoms. The van der Waals surface area contributed by atoms with Crippen LogP contribution in [-0.2, 0) is 0 Å². The lowest BCUT2D eigenvalue weighted by Gasteiger charge is -2.22. The van der Waals surface area contributed by atoms with Crippen LogP contribution in [0.4, 0.5) is 29.7 Å². The summed E-state index contributed by atoms with van der Waals surface area (Å²) in [5.74, 6) is 0. The Hall–Kier alpha value is -2.49. The second-order valence-corrected chi connectivity index (χ2v) is 5.44. The Kier molecular flexibility index (Phi) is 4.88. The molecule has 1 aromatic heterocycles. The maximum absolute atomic E-state index is 12.3. The molecule has 0 radical (unpaired) electrons. The number of amides is 2. The molecule has 1 heterocycles. The molecule has 24 heavy (non-hydrogen) atoms. The number of alkyl halides is 3. The van der Waals surface area contributed by atoms with Crippen LogP contribution >= 0.6 is 0 Å². The average Bonchev–Trinajstić information content (AvgIpc) is 2.89. The van der Waals surface area contributed by atoms with Crippen molar-refractivity contribution in [2.24, 2.45) is 0 Å². The van der Waals surface area contributed by atoms with E-state index in [1.165, 1.54) is 6.07 Å². The summed E-state index contributed by atoms with van der Waals surface area (Å²) in [5, 5.41) is 11.4. The highest BCUT2D eigenvalue weighted by Gasteiger charge is 2.39. The molecular formula is C14H17F3N4O3. The van der Waals surface area contributed by atoms with Crippen LogP contribution in [0.5, 0.6) is 0 Å². The zero-order chi connectivity index (χ0) is 18.1. The van der Waals surface area contributed by atoms with Crippen molar-refractivity contribution < 1.29 is 27.5 Å². The van der Waals surface area contributed by atoms with Gasteiger partial charge in [-0.3, -0.25) is 0 Å². The number of halogens is 3. The van der Waals surface area contributed by atoms with E-state index in [4.69, 9.17) is 9.52 Å². The van der Waals surface area contributed by atoms with Gasteiger partial charge in [-0.15, -0.1) is 0 Å². The number of fused-ring (bicyclic) bond motifs is 1. The van der Waals surface area contributed by atoms with Crippen LogP contribution in [0.15, 0.2) is 22.6 Å². The standard InChI is InChI=1S/C14H17F3N4O3/c1-20(2)13-19-9-5-4-8(6-10(9)24-13)18-12(23)21(3)7-11(22)14(15,16)17/h4-6,11,22H,7H2,1-3H3,(H,18,23)/t11-/m1/s1. The average molecular weight is 346 g/mol. The Labute approximate surface area is 135 Å². The smallest absolute Gasteiger partial charge is 0.416 e. The second kappa shape index (κ2) is 6.56. The van der Waals surface area contributed by atoms with Gasteiger partial charge in [0.1, 0.15) is 5.52 Å². The topological polar surface area (TPSA) is 81.8 Å². The molecule has 2 N–H and O–H groups in total. The van der Waals surface area contributed by atoms with Crippen LogP contribution < -0.4 is 10.2 Å². The number of nitrogens with one attached hydrogen (secondary N) is 1. The molecule has 0 saturated carbocycles. The fourth-order valence-electron chi connectivity index (χ4n) is 1.85. The molecule has 2 rings (SSSR count). The first kappa shape index (κ1) is 17.9. The van der Waals surface area contributed by atoms with Gasteiger partial charge in [0.15, 0.2) is 11.7 Å². The number of oxazole rings is 1. The molecule has 2 aromatic rings. The third-order valence-electron chi connectivity index (χ3n) is 3.18. The van der Waals surface area contributed by atoms with Gasteiger partial charge in [0.25, 0.3) is 6.01 Å². The second-order valence-electron chi connectivity index (χ2n) is 5.44. The quantitative estimate of drug-likeness (QED) is 0.888. The summed E-state index contributed by atoms with van der Waals surface area (Å²) in [7, 11) is 4.67. The third-order valence-corrected chi connectivity index (χ3v) is 3.18. The van der Waals surface area contributed by atoms with E-state index in [1.807, 2.05) is 0 Å². The van der Waals surface area contributed by atoms with Crippen molar-refractivity contribution in [3.8, 4) is 0 Å². The number of nitrogens with zero attached hydrogens (tertiary/aromatic N) is 3. The number of aliphatic hydroxyl groups excluding tert-OH is 1. The first-order valence-electron chi connectivity index (χ1n) is 6.92. The van der Waals surface area contributed by atoms with Crippen molar-refractivity contribution in [3.63, 3.8) is 0 Å². The SMILES string of the molecule is CN(C[C@@H](O)C(F)(F)F)C(=O)Nc1ccc2nc(N(C)C)oc2c1. The summed E-state index contributed by atoms with van der Waals surface area (Å²) >= 11 is 0. The number of carbonyl (C=O) groups is 1. The number of urea groups is 1. The molecule has 7 nitrogen and oxygen atoms in total. The molecule has 0 unspecified atom stereocenters. The van der Waals surface area contributed by atoms with Crippen LogP contribution in [0, 0.1) is 0 Å². The Morgan fingerprint density at radius 1 is 1.38 bits per heavy atom. The predicted octanol–water partition coefficient (Wildman–Crippen LogP) is 2.28. The van der Waals surface area contributed by atoms with Crippen LogP contribution in [0.3, 0.4) is 0 Å². The van der Waals surface area contributed by atoms with E-state index in [2.05, 4.69) is 10.3 Å². The Morgan fingerprint density at radius 2 is 2.04 bits per heavy atom. The van der Waals surface area contributed by atoms with Gasteiger partial charge in [-0.25, -0.2) is 4.79 Å². The van der Waals surface area contributed by atoms with Crippen LogP contribution in [0.2, 0.25) is 0 Å². The molecule has 0 aliphatic rings. The minimum atomic E-state index is -4.78. The summed E-state index contributed by atoms with van der Waals surface area (Å²) in [6.45, 7) is -0.870. The van der Waals surface area contributed by atoms with Gasteiger partial charge in [-0.05, 0) is 12.1 Å². The molecule has 0 aliphatic heterocycles. The molecule has 1 atom stereocenters. The lowest BCUT2D eigenvalue weighted by molar-refractivity contribution is -0.205. The maximum atomic E-state index is 12.3. The highest BCUT2D eigenvalue weighted by atomic mass is 19.4. The van der Waals surface area contributed by atoms with Gasteiger partial charge in [-0.1, -0.05) is 0 Å². The number of aliphatic hydroxyl groups is 1. The van der Waals surface area contributed by atoms with Crippen molar-refractivity contribution in [2.75, 3.05) is 37.9 Å². The van der Waals surface area contributed by atoms with Gasteiger partial charge < -0.3 is 24.6 Å². The number of rotatable bonds is 4. The molecule has 0 aliphatic carbocycles. The fourth-order valence-corrected chi connectivity index (χ4v) is 1.85. The number of hydrogen-bond donors (Lipinski definition) is 2. The van der Waals surface area contributed by atoms with E-state index in [0.29, 0.717) is 22.8 Å². The summed E-state index contributed by atoms with van der Waals surface area (Å²) in [6.07, 6.45) is -7.39. The maximum Gasteiger partial charge on any atom is 0.416 e. The zero-order valence-corrected chi connectivity index (χ0v) is 13.3. The molecular weight excluding hydrogens is 329 g/mol. The largest absolute Gasteiger partial charge is 0.423 e. The number of likely N-dealkylation sites (N-methyl/N-ethyl adjacent to an activating group) is 1. The molecule has 132 valence electrons. The number of anilines is 2. The lowest BCUT2D eigenvalue weighted by atomic mass is 10.3. The third kappa shape index (κ3) is 4.07. The predicted molar refractivity (Wildman–Crippen MR) is 82.0 cm³/mol. The molecule has 0 fully saturated rings. The number of aromatic nitrogens is 1. The summed E-state index contributed by atoms with van der Waals surface area (Å²) in [4.78, 5) is 18.5. The Morgan fingerprint density at radius 3 is 2.62 bits per heavy atom. The van der Waals surface area contributed by atoms with Crippen LogP contribution in [0.25, 0.3) is 11.1 Å². The van der Waals surface area contributed by atoms with Gasteiger partial charge in [-0.2, -0.15) is 18.2 Å². The van der Waals surface area contributed by atoms with Crippen molar-refractivity contribution in [1.82, 2.24) is 9.88 Å². The van der Waals surface area contributed by atoms with Crippen molar-refractivity contribution in [1.29, 1.82) is 0 Å². The van der Waals surface area contributed by atoms with Crippen molar-refractivity contribution in [3.05, 3.63) is 18.2 Å². The number of hydrogen-bond acceptors (Lipinski definition) is 5. The normalized spacial score (nSPS) is 13.0. The van der Waals surface area contributed by atoms with E-state index < -0.39 is 24.9 Å². The first-order chi connectivity index (χ1) is 11.1. The fraction of sp³-hybridized carbons (Fsp3) is 0.429. The molecule has 1 aromatic carbocycles. The first-order valence-corrected chi connectivity index (χ1v) is 6.92. The molecule has 2 amide bonds. The monoisotopic (exact) mass is 346 g/mol. The lowest BCUT2D eigenvalue weighted by Crippen LogP contribution is -2.43. The molecule has 0 saturated heterocycles. The van der Waals surface area contributed by atoms with E-state index in [1.54, 1.807) is 31.1 Å². The van der Waals surface area contributed by atoms with Gasteiger partial charge in [0.2, 0.25) is 0 Å². The minimum Gasteiger partial charge on any atom is -0.423 e. The van der Waals surface area contributed by atoms with Gasteiger partial charge in [0.05, 0.1) is 6.54 Å². The van der Waals surface area contributed by atoms with E-state index in [-0.39, 0.29) is 0 Å². The van der Waals surface area contributed by atoms with E-state index >= 15 is 0 Å². The zero-order valence-electron chi connectivity index (χ0n) is 13.3. The van der Waals surface area contributed by atoms with Crippen molar-refractivity contribution in [2.45, 2.75) is 12.3 Å². The molecule has 0 bridgehead atoms. The van der Waals surface area contributed by atoms with Gasteiger partial charge in [0, 0.05) is 32.9 Å². The number of benzene rings is 1. The minimum absolute atomic E-state index is 0.335. The Balaban J connectivity index is 2.07. The van der Waals surface area contributed by atoms with E-state index in [9.17, 15) is 18.0 Å². The van der Waals surface area contributed by atoms with E-state index in [0.717, 1.165) is 11.9 Å². The summed E-state index contributed by atoms with van der Waals surface area (Å²) in [6, 6.07) is 4.28. The van der Waals surface area contributed by atoms with Gasteiger partial charge >= 0.3 is 12.2 Å². The van der Waals surface area contributed by atoms with Crippen LogP contribution in [-0.4, -0.2) is 61.0 Å². The van der Waals surface area contributed by atoms with Crippen LogP contribution in [0.1, 0.15) is 0 Å². The summed E-state index contributed by atoms with van der Waals surface area (Å²) < 4.78 is 42.4. The molecule has 10 heteroatoms. The number of carbonyl (C=O) groups excluding carboxylic acids is 1. The highest BCUT2D eigenvalue weighted by molar-refractivity contribution is 5.91. The summed E-state index contributed by atoms with van der Waals surface area (Å²) in [5.41, 5.74) is 1.34. The van der Waals surface area contributed by atoms with Crippen molar-refractivity contribution >= 4 is 28.8 Å². The highest BCUT2D eigenvalue weighted by Crippen LogP contribution is 2.24.